The Morgan fingerprint density at radius 3 is 2.79 bits per heavy atom. The SMILES string of the molecule is COCC(C)CC(O)c1cscc1Br. The van der Waals surface area contributed by atoms with Gasteiger partial charge in [0.15, 0.2) is 0 Å². The van der Waals surface area contributed by atoms with Gasteiger partial charge < -0.3 is 9.84 Å². The van der Waals surface area contributed by atoms with Gasteiger partial charge in [-0.25, -0.2) is 0 Å². The Labute approximate surface area is 97.0 Å². The fourth-order valence-corrected chi connectivity index (χ4v) is 3.00. The van der Waals surface area contributed by atoms with E-state index < -0.39 is 0 Å². The molecule has 4 heteroatoms. The first-order valence-electron chi connectivity index (χ1n) is 4.53. The number of halogens is 1. The second-order valence-corrected chi connectivity index (χ2v) is 5.08. The molecule has 0 aliphatic carbocycles. The third-order valence-electron chi connectivity index (χ3n) is 2.08. The van der Waals surface area contributed by atoms with E-state index in [4.69, 9.17) is 4.74 Å². The van der Waals surface area contributed by atoms with Crippen LogP contribution in [0, 0.1) is 5.92 Å². The number of thiophene rings is 1. The Balaban J connectivity index is 2.50. The highest BCUT2D eigenvalue weighted by atomic mass is 79.9. The van der Waals surface area contributed by atoms with E-state index in [-0.39, 0.29) is 6.10 Å². The zero-order chi connectivity index (χ0) is 10.6. The summed E-state index contributed by atoms with van der Waals surface area (Å²) in [6.07, 6.45) is 0.351. The maximum absolute atomic E-state index is 9.91. The van der Waals surface area contributed by atoms with Gasteiger partial charge in [-0.3, -0.25) is 0 Å². The van der Waals surface area contributed by atoms with E-state index in [1.165, 1.54) is 0 Å². The molecule has 80 valence electrons. The molecule has 14 heavy (non-hydrogen) atoms. The number of hydrogen-bond acceptors (Lipinski definition) is 3. The highest BCUT2D eigenvalue weighted by Crippen LogP contribution is 2.30. The molecule has 1 aromatic heterocycles. The second kappa shape index (κ2) is 5.85. The number of methoxy groups -OCH3 is 1. The quantitative estimate of drug-likeness (QED) is 0.896. The van der Waals surface area contributed by atoms with Crippen LogP contribution in [0.2, 0.25) is 0 Å². The smallest absolute Gasteiger partial charge is 0.0812 e. The van der Waals surface area contributed by atoms with Crippen LogP contribution in [0.4, 0.5) is 0 Å². The molecule has 0 aliphatic heterocycles. The van der Waals surface area contributed by atoms with Crippen LogP contribution in [-0.4, -0.2) is 18.8 Å². The van der Waals surface area contributed by atoms with Gasteiger partial charge in [0.1, 0.15) is 0 Å². The van der Waals surface area contributed by atoms with Gasteiger partial charge >= 0.3 is 0 Å². The van der Waals surface area contributed by atoms with E-state index in [0.29, 0.717) is 12.5 Å². The number of aliphatic hydroxyl groups excluding tert-OH is 1. The first-order valence-corrected chi connectivity index (χ1v) is 6.27. The Hall–Kier alpha value is 0.100. The van der Waals surface area contributed by atoms with Crippen LogP contribution in [0.25, 0.3) is 0 Å². The van der Waals surface area contributed by atoms with Crippen molar-refractivity contribution in [2.24, 2.45) is 5.92 Å². The summed E-state index contributed by atoms with van der Waals surface area (Å²) in [6.45, 7) is 2.77. The van der Waals surface area contributed by atoms with Crippen LogP contribution < -0.4 is 0 Å². The second-order valence-electron chi connectivity index (χ2n) is 3.49. The van der Waals surface area contributed by atoms with Crippen LogP contribution in [0.5, 0.6) is 0 Å². The van der Waals surface area contributed by atoms with Crippen LogP contribution in [0.1, 0.15) is 25.0 Å². The summed E-state index contributed by atoms with van der Waals surface area (Å²) < 4.78 is 6.03. The third kappa shape index (κ3) is 3.35. The van der Waals surface area contributed by atoms with E-state index in [1.807, 2.05) is 10.8 Å². The normalized spacial score (nSPS) is 15.4. The van der Waals surface area contributed by atoms with Gasteiger partial charge in [-0.1, -0.05) is 6.92 Å². The summed E-state index contributed by atoms with van der Waals surface area (Å²) in [4.78, 5) is 0. The summed E-state index contributed by atoms with van der Waals surface area (Å²) in [5.74, 6) is 0.377. The molecule has 0 saturated heterocycles. The first kappa shape index (κ1) is 12.2. The van der Waals surface area contributed by atoms with Crippen molar-refractivity contribution in [2.75, 3.05) is 13.7 Å². The Kier molecular flexibility index (Phi) is 5.09. The first-order chi connectivity index (χ1) is 6.65. The molecule has 1 rings (SSSR count). The number of rotatable bonds is 5. The molecular weight excluding hydrogens is 264 g/mol. The lowest BCUT2D eigenvalue weighted by molar-refractivity contribution is 0.102. The molecule has 0 saturated carbocycles. The van der Waals surface area contributed by atoms with Gasteiger partial charge in [-0.05, 0) is 33.6 Å². The summed E-state index contributed by atoms with van der Waals surface area (Å²) in [5.41, 5.74) is 0.984. The van der Waals surface area contributed by atoms with Gasteiger partial charge in [-0.2, -0.15) is 11.3 Å². The summed E-state index contributed by atoms with van der Waals surface area (Å²) in [6, 6.07) is 0. The lowest BCUT2D eigenvalue weighted by Gasteiger charge is -2.15. The molecule has 0 aromatic carbocycles. The van der Waals surface area contributed by atoms with Gasteiger partial charge in [0.05, 0.1) is 6.10 Å². The molecule has 0 spiro atoms. The van der Waals surface area contributed by atoms with Crippen molar-refractivity contribution in [3.63, 3.8) is 0 Å². The average Bonchev–Trinajstić information content (AvgIpc) is 2.51. The predicted molar refractivity (Wildman–Crippen MR) is 62.6 cm³/mol. The highest BCUT2D eigenvalue weighted by Gasteiger charge is 2.15. The molecule has 0 radical (unpaired) electrons. The molecule has 1 heterocycles. The average molecular weight is 279 g/mol. The van der Waals surface area contributed by atoms with E-state index in [1.54, 1.807) is 18.4 Å². The monoisotopic (exact) mass is 278 g/mol. The van der Waals surface area contributed by atoms with E-state index in [2.05, 4.69) is 22.9 Å². The van der Waals surface area contributed by atoms with E-state index in [9.17, 15) is 5.11 Å². The molecule has 0 aliphatic rings. The van der Waals surface area contributed by atoms with Crippen molar-refractivity contribution in [1.29, 1.82) is 0 Å². The van der Waals surface area contributed by atoms with Crippen molar-refractivity contribution in [3.8, 4) is 0 Å². The van der Waals surface area contributed by atoms with Crippen molar-refractivity contribution >= 4 is 27.3 Å². The van der Waals surface area contributed by atoms with Crippen molar-refractivity contribution in [1.82, 2.24) is 0 Å². The zero-order valence-electron chi connectivity index (χ0n) is 8.37. The summed E-state index contributed by atoms with van der Waals surface area (Å²) in [7, 11) is 1.68. The number of aliphatic hydroxyl groups is 1. The molecule has 1 aromatic rings. The topological polar surface area (TPSA) is 29.5 Å². The van der Waals surface area contributed by atoms with Crippen LogP contribution >= 0.6 is 27.3 Å². The van der Waals surface area contributed by atoms with Crippen LogP contribution in [0.3, 0.4) is 0 Å². The van der Waals surface area contributed by atoms with Gasteiger partial charge in [-0.15, -0.1) is 0 Å². The summed E-state index contributed by atoms with van der Waals surface area (Å²) in [5, 5.41) is 13.9. The lowest BCUT2D eigenvalue weighted by Crippen LogP contribution is -2.09. The molecule has 2 nitrogen and oxygen atoms in total. The molecular formula is C10H15BrO2S. The molecule has 0 fully saturated rings. The maximum atomic E-state index is 9.91. The van der Waals surface area contributed by atoms with Gasteiger partial charge in [0, 0.05) is 29.1 Å². The minimum absolute atomic E-state index is 0.377. The van der Waals surface area contributed by atoms with Crippen LogP contribution in [0.15, 0.2) is 15.2 Å². The molecule has 2 unspecified atom stereocenters. The lowest BCUT2D eigenvalue weighted by atomic mass is 10.0. The Bertz CT molecular complexity index is 275. The predicted octanol–water partition coefficient (Wildman–Crippen LogP) is 3.22. The minimum Gasteiger partial charge on any atom is -0.388 e. The molecule has 2 atom stereocenters. The van der Waals surface area contributed by atoms with E-state index >= 15 is 0 Å². The fraction of sp³-hybridized carbons (Fsp3) is 0.600. The molecule has 0 amide bonds. The molecule has 1 N–H and O–H groups in total. The van der Waals surface area contributed by atoms with E-state index in [0.717, 1.165) is 16.5 Å². The van der Waals surface area contributed by atoms with Crippen molar-refractivity contribution < 1.29 is 9.84 Å². The Morgan fingerprint density at radius 1 is 1.57 bits per heavy atom. The van der Waals surface area contributed by atoms with Crippen LogP contribution in [-0.2, 0) is 4.74 Å². The minimum atomic E-state index is -0.388. The number of ether oxygens (including phenoxy) is 1. The van der Waals surface area contributed by atoms with Crippen molar-refractivity contribution in [2.45, 2.75) is 19.4 Å². The maximum Gasteiger partial charge on any atom is 0.0812 e. The Morgan fingerprint density at radius 2 is 2.29 bits per heavy atom. The highest BCUT2D eigenvalue weighted by molar-refractivity contribution is 9.10. The number of hydrogen-bond donors (Lipinski definition) is 1. The zero-order valence-corrected chi connectivity index (χ0v) is 10.8. The fourth-order valence-electron chi connectivity index (χ4n) is 1.39. The summed E-state index contributed by atoms with van der Waals surface area (Å²) >= 11 is 5.01. The van der Waals surface area contributed by atoms with Crippen molar-refractivity contribution in [3.05, 3.63) is 20.8 Å². The molecule has 0 bridgehead atoms. The largest absolute Gasteiger partial charge is 0.388 e. The van der Waals surface area contributed by atoms with Gasteiger partial charge in [0.2, 0.25) is 0 Å². The van der Waals surface area contributed by atoms with Gasteiger partial charge in [0.25, 0.3) is 0 Å². The standard InChI is InChI=1S/C10H15BrO2S/c1-7(4-13-2)3-10(12)8-5-14-6-9(8)11/h5-7,10,12H,3-4H2,1-2H3. The third-order valence-corrected chi connectivity index (χ3v) is 3.83.